The van der Waals surface area contributed by atoms with Crippen LogP contribution in [0.2, 0.25) is 5.02 Å². The second kappa shape index (κ2) is 5.25. The maximum Gasteiger partial charge on any atom is 0.0408 e. The Balaban J connectivity index is 2.53. The van der Waals surface area contributed by atoms with Crippen LogP contribution < -0.4 is 5.73 Å². The first-order valence-electron chi connectivity index (χ1n) is 4.72. The van der Waals surface area contributed by atoms with Crippen molar-refractivity contribution in [2.24, 2.45) is 5.73 Å². The molecule has 1 unspecified atom stereocenters. The largest absolute Gasteiger partial charge is 0.327 e. The molecule has 0 aliphatic heterocycles. The Kier molecular flexibility index (Phi) is 4.26. The van der Waals surface area contributed by atoms with E-state index in [0.29, 0.717) is 0 Å². The molecule has 0 heterocycles. The number of benzene rings is 1. The standard InChI is InChI=1S/C11H16ClN/c1-2-4-11(13)8-9-5-3-6-10(12)7-9/h3,5-7,11H,2,4,8,13H2,1H3. The number of hydrogen-bond donors (Lipinski definition) is 1. The molecule has 0 aliphatic carbocycles. The van der Waals surface area contributed by atoms with Crippen LogP contribution in [0.1, 0.15) is 25.3 Å². The van der Waals surface area contributed by atoms with Crippen molar-refractivity contribution in [2.45, 2.75) is 32.2 Å². The fourth-order valence-electron chi connectivity index (χ4n) is 1.44. The molecule has 72 valence electrons. The van der Waals surface area contributed by atoms with Gasteiger partial charge in [0.15, 0.2) is 0 Å². The van der Waals surface area contributed by atoms with Crippen molar-refractivity contribution in [3.8, 4) is 0 Å². The quantitative estimate of drug-likeness (QED) is 0.789. The zero-order chi connectivity index (χ0) is 9.68. The van der Waals surface area contributed by atoms with Gasteiger partial charge in [0.05, 0.1) is 0 Å². The van der Waals surface area contributed by atoms with Gasteiger partial charge in [0.1, 0.15) is 0 Å². The minimum Gasteiger partial charge on any atom is -0.327 e. The van der Waals surface area contributed by atoms with Gasteiger partial charge in [-0.2, -0.15) is 0 Å². The van der Waals surface area contributed by atoms with Crippen LogP contribution >= 0.6 is 11.6 Å². The van der Waals surface area contributed by atoms with E-state index in [2.05, 4.69) is 13.0 Å². The molecule has 0 spiro atoms. The molecule has 0 amide bonds. The Morgan fingerprint density at radius 1 is 1.46 bits per heavy atom. The summed E-state index contributed by atoms with van der Waals surface area (Å²) in [5.41, 5.74) is 7.15. The summed E-state index contributed by atoms with van der Waals surface area (Å²) in [5.74, 6) is 0. The fourth-order valence-corrected chi connectivity index (χ4v) is 1.65. The molecular weight excluding hydrogens is 182 g/mol. The molecule has 1 rings (SSSR count). The number of halogens is 1. The van der Waals surface area contributed by atoms with E-state index in [1.807, 2.05) is 18.2 Å². The molecule has 13 heavy (non-hydrogen) atoms. The zero-order valence-corrected chi connectivity index (χ0v) is 8.72. The summed E-state index contributed by atoms with van der Waals surface area (Å²) in [6.07, 6.45) is 3.14. The van der Waals surface area contributed by atoms with Crippen LogP contribution in [0.4, 0.5) is 0 Å². The lowest BCUT2D eigenvalue weighted by molar-refractivity contribution is 0.600. The van der Waals surface area contributed by atoms with Crippen molar-refractivity contribution in [1.82, 2.24) is 0 Å². The Labute approximate surface area is 84.9 Å². The van der Waals surface area contributed by atoms with E-state index in [-0.39, 0.29) is 6.04 Å². The molecule has 0 bridgehead atoms. The lowest BCUT2D eigenvalue weighted by Crippen LogP contribution is -2.22. The smallest absolute Gasteiger partial charge is 0.0408 e. The van der Waals surface area contributed by atoms with Crippen LogP contribution in [-0.2, 0) is 6.42 Å². The molecule has 1 aromatic carbocycles. The minimum atomic E-state index is 0.267. The predicted octanol–water partition coefficient (Wildman–Crippen LogP) is 3.01. The topological polar surface area (TPSA) is 26.0 Å². The Morgan fingerprint density at radius 2 is 2.23 bits per heavy atom. The minimum absolute atomic E-state index is 0.267. The SMILES string of the molecule is CCCC(N)Cc1cccc(Cl)c1. The van der Waals surface area contributed by atoms with Crippen molar-refractivity contribution < 1.29 is 0 Å². The predicted molar refractivity (Wildman–Crippen MR) is 58.0 cm³/mol. The van der Waals surface area contributed by atoms with Crippen molar-refractivity contribution in [1.29, 1.82) is 0 Å². The van der Waals surface area contributed by atoms with Gasteiger partial charge in [-0.3, -0.25) is 0 Å². The summed E-state index contributed by atoms with van der Waals surface area (Å²) in [7, 11) is 0. The average Bonchev–Trinajstić information content (AvgIpc) is 2.04. The maximum atomic E-state index is 5.92. The Hall–Kier alpha value is -0.530. The van der Waals surface area contributed by atoms with Crippen molar-refractivity contribution in [3.05, 3.63) is 34.9 Å². The van der Waals surface area contributed by atoms with Crippen molar-refractivity contribution >= 4 is 11.6 Å². The van der Waals surface area contributed by atoms with Gasteiger partial charge in [-0.25, -0.2) is 0 Å². The van der Waals surface area contributed by atoms with E-state index < -0.39 is 0 Å². The molecule has 2 heteroatoms. The van der Waals surface area contributed by atoms with Crippen LogP contribution in [0.3, 0.4) is 0 Å². The molecule has 1 atom stereocenters. The van der Waals surface area contributed by atoms with E-state index >= 15 is 0 Å². The van der Waals surface area contributed by atoms with Crippen LogP contribution in [0.25, 0.3) is 0 Å². The maximum absolute atomic E-state index is 5.92. The van der Waals surface area contributed by atoms with E-state index in [1.54, 1.807) is 0 Å². The first-order chi connectivity index (χ1) is 6.22. The van der Waals surface area contributed by atoms with Gasteiger partial charge in [0.25, 0.3) is 0 Å². The van der Waals surface area contributed by atoms with E-state index in [4.69, 9.17) is 17.3 Å². The normalized spacial score (nSPS) is 12.8. The summed E-state index contributed by atoms with van der Waals surface area (Å²) in [6.45, 7) is 2.15. The molecule has 0 aromatic heterocycles. The van der Waals surface area contributed by atoms with Gasteiger partial charge in [-0.05, 0) is 30.5 Å². The van der Waals surface area contributed by atoms with E-state index in [9.17, 15) is 0 Å². The van der Waals surface area contributed by atoms with Crippen LogP contribution in [-0.4, -0.2) is 6.04 Å². The number of hydrogen-bond acceptors (Lipinski definition) is 1. The highest BCUT2D eigenvalue weighted by Gasteiger charge is 2.02. The molecule has 1 nitrogen and oxygen atoms in total. The first-order valence-corrected chi connectivity index (χ1v) is 5.10. The summed E-state index contributed by atoms with van der Waals surface area (Å²) in [4.78, 5) is 0. The molecule has 0 saturated heterocycles. The summed E-state index contributed by atoms with van der Waals surface area (Å²) >= 11 is 5.86. The van der Waals surface area contributed by atoms with E-state index in [0.717, 1.165) is 24.3 Å². The molecule has 0 radical (unpaired) electrons. The van der Waals surface area contributed by atoms with Gasteiger partial charge in [0, 0.05) is 11.1 Å². The molecule has 0 aliphatic rings. The van der Waals surface area contributed by atoms with Gasteiger partial charge in [-0.15, -0.1) is 0 Å². The monoisotopic (exact) mass is 197 g/mol. The fraction of sp³-hybridized carbons (Fsp3) is 0.455. The van der Waals surface area contributed by atoms with Gasteiger partial charge >= 0.3 is 0 Å². The molecule has 1 aromatic rings. The second-order valence-electron chi connectivity index (χ2n) is 3.38. The molecular formula is C11H16ClN. The highest BCUT2D eigenvalue weighted by atomic mass is 35.5. The van der Waals surface area contributed by atoms with E-state index in [1.165, 1.54) is 5.56 Å². The highest BCUT2D eigenvalue weighted by Crippen LogP contribution is 2.12. The van der Waals surface area contributed by atoms with Gasteiger partial charge in [-0.1, -0.05) is 37.1 Å². The summed E-state index contributed by atoms with van der Waals surface area (Å²) < 4.78 is 0. The summed E-state index contributed by atoms with van der Waals surface area (Å²) in [6, 6.07) is 8.18. The van der Waals surface area contributed by atoms with Crippen LogP contribution in [0, 0.1) is 0 Å². The van der Waals surface area contributed by atoms with Gasteiger partial charge < -0.3 is 5.73 Å². The molecule has 2 N–H and O–H groups in total. The second-order valence-corrected chi connectivity index (χ2v) is 3.82. The number of rotatable bonds is 4. The van der Waals surface area contributed by atoms with Crippen LogP contribution in [0.15, 0.2) is 24.3 Å². The van der Waals surface area contributed by atoms with Crippen molar-refractivity contribution in [2.75, 3.05) is 0 Å². The molecule has 0 saturated carbocycles. The lowest BCUT2D eigenvalue weighted by Gasteiger charge is -2.09. The third kappa shape index (κ3) is 3.79. The lowest BCUT2D eigenvalue weighted by atomic mass is 10.0. The Morgan fingerprint density at radius 3 is 2.85 bits per heavy atom. The highest BCUT2D eigenvalue weighted by molar-refractivity contribution is 6.30. The van der Waals surface area contributed by atoms with Crippen LogP contribution in [0.5, 0.6) is 0 Å². The zero-order valence-electron chi connectivity index (χ0n) is 7.96. The first kappa shape index (κ1) is 10.6. The van der Waals surface area contributed by atoms with Crippen molar-refractivity contribution in [3.63, 3.8) is 0 Å². The summed E-state index contributed by atoms with van der Waals surface area (Å²) in [5, 5.41) is 0.793. The average molecular weight is 198 g/mol. The third-order valence-electron chi connectivity index (χ3n) is 2.05. The third-order valence-corrected chi connectivity index (χ3v) is 2.28. The number of nitrogens with two attached hydrogens (primary N) is 1. The Bertz CT molecular complexity index is 260. The van der Waals surface area contributed by atoms with Gasteiger partial charge in [0.2, 0.25) is 0 Å². The molecule has 0 fully saturated rings.